The van der Waals surface area contributed by atoms with E-state index in [-0.39, 0.29) is 35.8 Å². The van der Waals surface area contributed by atoms with Gasteiger partial charge in [-0.25, -0.2) is 4.39 Å². The van der Waals surface area contributed by atoms with Crippen molar-refractivity contribution in [1.29, 1.82) is 0 Å². The van der Waals surface area contributed by atoms with Crippen molar-refractivity contribution in [3.63, 3.8) is 0 Å². The zero-order valence-corrected chi connectivity index (χ0v) is 17.2. The van der Waals surface area contributed by atoms with Crippen molar-refractivity contribution < 1.29 is 18.7 Å². The van der Waals surface area contributed by atoms with Gasteiger partial charge in [-0.3, -0.25) is 9.59 Å². The van der Waals surface area contributed by atoms with Gasteiger partial charge >= 0.3 is 5.97 Å². The number of aromatic nitrogens is 3. The summed E-state index contributed by atoms with van der Waals surface area (Å²) in [6.45, 7) is 2.08. The van der Waals surface area contributed by atoms with E-state index in [1.54, 1.807) is 19.1 Å². The molecule has 0 aliphatic heterocycles. The number of carbonyl (C=O) groups excluding carboxylic acids is 2. The fraction of sp³-hybridized carbons (Fsp3) is 0.500. The quantitative estimate of drug-likeness (QED) is 0.517. The highest BCUT2D eigenvalue weighted by molar-refractivity contribution is 7.99. The molecular formula is C20H25FN4O3S. The summed E-state index contributed by atoms with van der Waals surface area (Å²) >= 11 is 1.24. The maximum Gasteiger partial charge on any atom is 0.313 e. The third-order valence-electron chi connectivity index (χ3n) is 4.76. The number of nitrogens with zero attached hydrogens (tertiary/aromatic N) is 3. The molecule has 0 radical (unpaired) electrons. The van der Waals surface area contributed by atoms with Crippen LogP contribution < -0.4 is 5.32 Å². The van der Waals surface area contributed by atoms with Gasteiger partial charge in [-0.05, 0) is 31.9 Å². The van der Waals surface area contributed by atoms with Crippen LogP contribution in [0.4, 0.5) is 10.1 Å². The molecule has 29 heavy (non-hydrogen) atoms. The van der Waals surface area contributed by atoms with Crippen molar-refractivity contribution in [3.05, 3.63) is 35.9 Å². The second kappa shape index (κ2) is 10.4. The molecule has 1 heterocycles. The fourth-order valence-corrected chi connectivity index (χ4v) is 4.28. The fourth-order valence-electron chi connectivity index (χ4n) is 3.45. The minimum Gasteiger partial charge on any atom is -0.466 e. The predicted octanol–water partition coefficient (Wildman–Crippen LogP) is 3.76. The van der Waals surface area contributed by atoms with Crippen LogP contribution in [0.1, 0.15) is 50.9 Å². The molecule has 1 N–H and O–H groups in total. The van der Waals surface area contributed by atoms with Crippen molar-refractivity contribution in [2.24, 2.45) is 0 Å². The van der Waals surface area contributed by atoms with E-state index in [2.05, 4.69) is 15.5 Å². The molecule has 2 aromatic rings. The summed E-state index contributed by atoms with van der Waals surface area (Å²) in [5.74, 6) is -0.519. The van der Waals surface area contributed by atoms with Crippen LogP contribution in [0.2, 0.25) is 0 Å². The van der Waals surface area contributed by atoms with E-state index in [4.69, 9.17) is 4.74 Å². The highest BCUT2D eigenvalue weighted by Gasteiger charge is 2.25. The molecule has 1 fully saturated rings. The Kier molecular flexibility index (Phi) is 7.62. The molecule has 0 bridgehead atoms. The highest BCUT2D eigenvalue weighted by atomic mass is 32.2. The average Bonchev–Trinajstić information content (AvgIpc) is 3.11. The number of halogens is 1. The number of rotatable bonds is 8. The number of benzene rings is 1. The van der Waals surface area contributed by atoms with Gasteiger partial charge in [-0.2, -0.15) is 0 Å². The topological polar surface area (TPSA) is 86.1 Å². The monoisotopic (exact) mass is 420 g/mol. The number of thioether (sulfide) groups is 1. The van der Waals surface area contributed by atoms with Crippen LogP contribution in [0.5, 0.6) is 0 Å². The van der Waals surface area contributed by atoms with E-state index in [1.165, 1.54) is 30.3 Å². The summed E-state index contributed by atoms with van der Waals surface area (Å²) in [4.78, 5) is 24.2. The number of ether oxygens (including phenoxy) is 1. The van der Waals surface area contributed by atoms with Gasteiger partial charge in [0.1, 0.15) is 18.1 Å². The summed E-state index contributed by atoms with van der Waals surface area (Å²) in [6.07, 6.45) is 5.45. The number of nitrogens with one attached hydrogen (secondary N) is 1. The Balaban J connectivity index is 1.70. The van der Waals surface area contributed by atoms with Crippen LogP contribution in [0.25, 0.3) is 0 Å². The largest absolute Gasteiger partial charge is 0.466 e. The Labute approximate surface area is 173 Å². The first-order valence-electron chi connectivity index (χ1n) is 9.85. The minimum atomic E-state index is -0.479. The molecular weight excluding hydrogens is 395 g/mol. The van der Waals surface area contributed by atoms with Crippen LogP contribution in [-0.2, 0) is 20.7 Å². The molecule has 0 saturated heterocycles. The van der Waals surface area contributed by atoms with E-state index in [0.717, 1.165) is 25.7 Å². The summed E-state index contributed by atoms with van der Waals surface area (Å²) in [6, 6.07) is 6.24. The first kappa shape index (κ1) is 21.3. The van der Waals surface area contributed by atoms with Gasteiger partial charge in [0.15, 0.2) is 5.16 Å². The Morgan fingerprint density at radius 2 is 2.00 bits per heavy atom. The lowest BCUT2D eigenvalue weighted by atomic mass is 9.95. The van der Waals surface area contributed by atoms with E-state index < -0.39 is 5.82 Å². The van der Waals surface area contributed by atoms with E-state index in [1.807, 2.05) is 4.57 Å². The SMILES string of the molecule is CCOC(=O)Cc1nnc(SCC(=O)Nc2ccccc2F)n1C1CCCCC1. The maximum atomic E-state index is 13.7. The van der Waals surface area contributed by atoms with Crippen molar-refractivity contribution in [3.8, 4) is 0 Å². The zero-order valence-electron chi connectivity index (χ0n) is 16.4. The average molecular weight is 421 g/mol. The molecule has 9 heteroatoms. The summed E-state index contributed by atoms with van der Waals surface area (Å²) in [7, 11) is 0. The lowest BCUT2D eigenvalue weighted by Gasteiger charge is -2.25. The molecule has 0 spiro atoms. The Morgan fingerprint density at radius 1 is 1.24 bits per heavy atom. The third kappa shape index (κ3) is 5.79. The van der Waals surface area contributed by atoms with Gasteiger partial charge in [0.2, 0.25) is 5.91 Å². The van der Waals surface area contributed by atoms with Crippen molar-refractivity contribution in [2.75, 3.05) is 17.7 Å². The molecule has 1 saturated carbocycles. The maximum absolute atomic E-state index is 13.7. The van der Waals surface area contributed by atoms with Crippen LogP contribution in [0.3, 0.4) is 0 Å². The molecule has 1 aliphatic carbocycles. The van der Waals surface area contributed by atoms with Gasteiger partial charge in [0, 0.05) is 6.04 Å². The molecule has 1 aromatic heterocycles. The molecule has 156 valence electrons. The van der Waals surface area contributed by atoms with Gasteiger partial charge in [0.05, 0.1) is 18.0 Å². The molecule has 3 rings (SSSR count). The molecule has 1 aliphatic rings. The second-order valence-corrected chi connectivity index (χ2v) is 7.80. The lowest BCUT2D eigenvalue weighted by molar-refractivity contribution is -0.142. The summed E-state index contributed by atoms with van der Waals surface area (Å²) < 4.78 is 20.7. The number of hydrogen-bond acceptors (Lipinski definition) is 6. The molecule has 1 aromatic carbocycles. The van der Waals surface area contributed by atoms with Crippen molar-refractivity contribution in [2.45, 2.75) is 56.6 Å². The first-order chi connectivity index (χ1) is 14.1. The number of esters is 1. The standard InChI is InChI=1S/C20H25FN4O3S/c1-2-28-19(27)12-17-23-24-20(25(17)14-8-4-3-5-9-14)29-13-18(26)22-16-11-7-6-10-15(16)21/h6-7,10-11,14H,2-5,8-9,12-13H2,1H3,(H,22,26). The third-order valence-corrected chi connectivity index (χ3v) is 5.71. The molecule has 1 amide bonds. The Morgan fingerprint density at radius 3 is 2.72 bits per heavy atom. The zero-order chi connectivity index (χ0) is 20.6. The van der Waals surface area contributed by atoms with E-state index in [9.17, 15) is 14.0 Å². The van der Waals surface area contributed by atoms with Crippen LogP contribution >= 0.6 is 11.8 Å². The van der Waals surface area contributed by atoms with E-state index >= 15 is 0 Å². The van der Waals surface area contributed by atoms with Gasteiger partial charge < -0.3 is 14.6 Å². The minimum absolute atomic E-state index is 0.0549. The smallest absolute Gasteiger partial charge is 0.313 e. The van der Waals surface area contributed by atoms with Crippen LogP contribution in [0, 0.1) is 5.82 Å². The number of carbonyl (C=O) groups is 2. The Hall–Kier alpha value is -2.42. The lowest BCUT2D eigenvalue weighted by Crippen LogP contribution is -2.20. The normalized spacial score (nSPS) is 14.6. The highest BCUT2D eigenvalue weighted by Crippen LogP contribution is 2.33. The summed E-state index contributed by atoms with van der Waals surface area (Å²) in [5, 5.41) is 11.6. The predicted molar refractivity (Wildman–Crippen MR) is 108 cm³/mol. The van der Waals surface area contributed by atoms with E-state index in [0.29, 0.717) is 17.6 Å². The van der Waals surface area contributed by atoms with Gasteiger partial charge in [-0.1, -0.05) is 43.2 Å². The first-order valence-corrected chi connectivity index (χ1v) is 10.8. The molecule has 7 nitrogen and oxygen atoms in total. The molecule has 0 unspecified atom stereocenters. The Bertz CT molecular complexity index is 852. The van der Waals surface area contributed by atoms with Crippen LogP contribution in [0.15, 0.2) is 29.4 Å². The van der Waals surface area contributed by atoms with Crippen molar-refractivity contribution in [1.82, 2.24) is 14.8 Å². The molecule has 0 atom stereocenters. The summed E-state index contributed by atoms with van der Waals surface area (Å²) in [5.41, 5.74) is 0.148. The number of amides is 1. The number of hydrogen-bond donors (Lipinski definition) is 1. The van der Waals surface area contributed by atoms with Gasteiger partial charge in [0.25, 0.3) is 0 Å². The van der Waals surface area contributed by atoms with Crippen molar-refractivity contribution >= 4 is 29.3 Å². The second-order valence-electron chi connectivity index (χ2n) is 6.86. The van der Waals surface area contributed by atoms with Gasteiger partial charge in [-0.15, -0.1) is 10.2 Å². The number of anilines is 1. The van der Waals surface area contributed by atoms with Crippen LogP contribution in [-0.4, -0.2) is 39.0 Å². The number of para-hydroxylation sites is 1.